The van der Waals surface area contributed by atoms with E-state index >= 15 is 0 Å². The van der Waals surface area contributed by atoms with Crippen LogP contribution in [0.5, 0.6) is 0 Å². The SMILES string of the molecule is CN1CC[C@@]2([C@]34CCN(C)[C@H]3Nc3c([C@]56CCN(C)[C@H]5Nc5ccccc56)cccc34)c3ccccc3NC12. The lowest BCUT2D eigenvalue weighted by molar-refractivity contribution is 0.147. The van der Waals surface area contributed by atoms with Gasteiger partial charge < -0.3 is 16.0 Å². The van der Waals surface area contributed by atoms with Gasteiger partial charge in [-0.2, -0.15) is 0 Å². The number of hydrogen-bond acceptors (Lipinski definition) is 6. The highest BCUT2D eigenvalue weighted by atomic mass is 15.4. The molecule has 6 aliphatic rings. The van der Waals surface area contributed by atoms with Crippen LogP contribution in [-0.2, 0) is 16.2 Å². The Kier molecular flexibility index (Phi) is 4.29. The molecule has 0 saturated carbocycles. The van der Waals surface area contributed by atoms with E-state index in [1.165, 1.54) is 46.6 Å². The fourth-order valence-electron chi connectivity index (χ4n) is 10.3. The maximum atomic E-state index is 4.25. The Balaban J connectivity index is 1.31. The second-order valence-electron chi connectivity index (χ2n) is 13.1. The summed E-state index contributed by atoms with van der Waals surface area (Å²) >= 11 is 0. The van der Waals surface area contributed by atoms with Crippen LogP contribution in [0.2, 0.25) is 0 Å². The second kappa shape index (κ2) is 7.36. The zero-order chi connectivity index (χ0) is 26.1. The topological polar surface area (TPSA) is 45.8 Å². The monoisotopic (exact) mass is 518 g/mol. The van der Waals surface area contributed by atoms with Crippen LogP contribution in [0.15, 0.2) is 66.7 Å². The Bertz CT molecular complexity index is 1520. The number of para-hydroxylation sites is 3. The van der Waals surface area contributed by atoms with Gasteiger partial charge in [-0.05, 0) is 74.8 Å². The van der Waals surface area contributed by atoms with Gasteiger partial charge in [0.05, 0.1) is 23.9 Å². The minimum absolute atomic E-state index is 0.00961. The molecule has 1 unspecified atom stereocenters. The van der Waals surface area contributed by atoms with E-state index in [-0.39, 0.29) is 28.6 Å². The summed E-state index contributed by atoms with van der Waals surface area (Å²) in [6.07, 6.45) is 4.32. The average Bonchev–Trinajstić information content (AvgIpc) is 3.76. The van der Waals surface area contributed by atoms with E-state index < -0.39 is 0 Å². The third-order valence-electron chi connectivity index (χ3n) is 11.8. The summed E-state index contributed by atoms with van der Waals surface area (Å²) in [5, 5.41) is 12.2. The van der Waals surface area contributed by atoms with Gasteiger partial charge in [0.1, 0.15) is 0 Å². The van der Waals surface area contributed by atoms with E-state index in [4.69, 9.17) is 0 Å². The normalized spacial score (nSPS) is 37.9. The van der Waals surface area contributed by atoms with Crippen molar-refractivity contribution >= 4 is 17.1 Å². The summed E-state index contributed by atoms with van der Waals surface area (Å²) in [4.78, 5) is 7.70. The summed E-state index contributed by atoms with van der Waals surface area (Å²) in [7, 11) is 6.93. The van der Waals surface area contributed by atoms with Crippen molar-refractivity contribution in [2.75, 3.05) is 56.7 Å². The molecule has 0 aromatic heterocycles. The van der Waals surface area contributed by atoms with Gasteiger partial charge in [-0.3, -0.25) is 14.7 Å². The Labute approximate surface area is 231 Å². The van der Waals surface area contributed by atoms with Crippen molar-refractivity contribution < 1.29 is 0 Å². The number of benzene rings is 3. The molecule has 3 aromatic rings. The molecule has 3 saturated heterocycles. The molecule has 0 spiro atoms. The molecule has 6 atom stereocenters. The molecular formula is C33H38N6. The molecule has 6 aliphatic heterocycles. The van der Waals surface area contributed by atoms with Gasteiger partial charge in [0.25, 0.3) is 0 Å². The van der Waals surface area contributed by atoms with Crippen LogP contribution >= 0.6 is 0 Å². The van der Waals surface area contributed by atoms with Crippen LogP contribution < -0.4 is 16.0 Å². The van der Waals surface area contributed by atoms with Crippen LogP contribution in [0.4, 0.5) is 17.1 Å². The molecule has 3 aromatic carbocycles. The maximum Gasteiger partial charge on any atom is 0.0933 e. The second-order valence-corrected chi connectivity index (χ2v) is 13.1. The van der Waals surface area contributed by atoms with Gasteiger partial charge in [-0.1, -0.05) is 54.6 Å². The van der Waals surface area contributed by atoms with Crippen LogP contribution in [0.1, 0.15) is 41.5 Å². The largest absolute Gasteiger partial charge is 0.369 e. The number of likely N-dealkylation sites (N-methyl/N-ethyl adjacent to an activating group) is 3. The standard InChI is InChI=1S/C33H38N6/c1-37-18-15-31(21-9-4-6-13-25(21)34-28(31)37)23-11-8-12-24-27(23)36-30-33(24,17-20-39(30)3)32-16-19-38(2)29(32)35-26-14-7-5-10-22(26)32/h4-14,28-30,34-36H,15-20H2,1-3H3/t28-,29?,30-,31-,32-,33+/m1/s1. The van der Waals surface area contributed by atoms with Gasteiger partial charge >= 0.3 is 0 Å². The fourth-order valence-corrected chi connectivity index (χ4v) is 10.3. The first-order chi connectivity index (χ1) is 19.0. The van der Waals surface area contributed by atoms with Crippen LogP contribution in [-0.4, -0.2) is 74.0 Å². The average molecular weight is 519 g/mol. The molecule has 9 rings (SSSR count). The molecule has 6 nitrogen and oxygen atoms in total. The lowest BCUT2D eigenvalue weighted by Crippen LogP contribution is -2.60. The minimum atomic E-state index is -0.0581. The van der Waals surface area contributed by atoms with Crippen molar-refractivity contribution in [3.8, 4) is 0 Å². The number of anilines is 3. The van der Waals surface area contributed by atoms with Crippen molar-refractivity contribution in [3.05, 3.63) is 89.0 Å². The molecule has 6 heterocycles. The molecule has 0 bridgehead atoms. The molecule has 200 valence electrons. The van der Waals surface area contributed by atoms with Crippen LogP contribution in [0.25, 0.3) is 0 Å². The van der Waals surface area contributed by atoms with E-state index in [0.29, 0.717) is 6.17 Å². The zero-order valence-electron chi connectivity index (χ0n) is 23.2. The number of rotatable bonds is 2. The van der Waals surface area contributed by atoms with Gasteiger partial charge in [0, 0.05) is 47.5 Å². The summed E-state index contributed by atoms with van der Waals surface area (Å²) in [6, 6.07) is 25.5. The van der Waals surface area contributed by atoms with E-state index in [0.717, 1.165) is 26.1 Å². The van der Waals surface area contributed by atoms with Crippen molar-refractivity contribution in [2.24, 2.45) is 0 Å². The van der Waals surface area contributed by atoms with Gasteiger partial charge in [0.15, 0.2) is 0 Å². The predicted molar refractivity (Wildman–Crippen MR) is 157 cm³/mol. The number of nitrogens with one attached hydrogen (secondary N) is 3. The van der Waals surface area contributed by atoms with Gasteiger partial charge in [-0.15, -0.1) is 0 Å². The Morgan fingerprint density at radius 2 is 1.05 bits per heavy atom. The Morgan fingerprint density at radius 1 is 0.538 bits per heavy atom. The first-order valence-corrected chi connectivity index (χ1v) is 14.8. The van der Waals surface area contributed by atoms with Crippen LogP contribution in [0.3, 0.4) is 0 Å². The molecule has 6 heteroatoms. The first kappa shape index (κ1) is 22.7. The summed E-state index contributed by atoms with van der Waals surface area (Å²) in [5.41, 5.74) is 9.96. The summed E-state index contributed by atoms with van der Waals surface area (Å²) in [6.45, 7) is 3.33. The van der Waals surface area contributed by atoms with Crippen molar-refractivity contribution in [1.29, 1.82) is 0 Å². The number of hydrogen-bond donors (Lipinski definition) is 3. The van der Waals surface area contributed by atoms with Gasteiger partial charge in [0.2, 0.25) is 0 Å². The summed E-state index contributed by atoms with van der Waals surface area (Å²) in [5.74, 6) is 0. The van der Waals surface area contributed by atoms with Crippen molar-refractivity contribution in [2.45, 2.75) is 54.0 Å². The minimum Gasteiger partial charge on any atom is -0.369 e. The van der Waals surface area contributed by atoms with Crippen molar-refractivity contribution in [3.63, 3.8) is 0 Å². The number of likely N-dealkylation sites (tertiary alicyclic amines) is 3. The molecule has 3 N–H and O–H groups in total. The quantitative estimate of drug-likeness (QED) is 0.467. The Hall–Kier alpha value is -3.06. The smallest absolute Gasteiger partial charge is 0.0933 e. The molecule has 0 amide bonds. The number of fused-ring (bicyclic) bond motifs is 10. The Morgan fingerprint density at radius 3 is 1.82 bits per heavy atom. The van der Waals surface area contributed by atoms with Gasteiger partial charge in [-0.25, -0.2) is 0 Å². The highest BCUT2D eigenvalue weighted by molar-refractivity contribution is 5.78. The highest BCUT2D eigenvalue weighted by Crippen LogP contribution is 2.67. The maximum absolute atomic E-state index is 4.25. The highest BCUT2D eigenvalue weighted by Gasteiger charge is 2.71. The molecule has 3 fully saturated rings. The summed E-state index contributed by atoms with van der Waals surface area (Å²) < 4.78 is 0. The third kappa shape index (κ3) is 2.39. The lowest BCUT2D eigenvalue weighted by Gasteiger charge is -2.48. The van der Waals surface area contributed by atoms with E-state index in [2.05, 4.69) is 119 Å². The first-order valence-electron chi connectivity index (χ1n) is 14.8. The molecule has 0 aliphatic carbocycles. The molecular weight excluding hydrogens is 480 g/mol. The lowest BCUT2D eigenvalue weighted by atomic mass is 9.54. The van der Waals surface area contributed by atoms with E-state index in [1.807, 2.05) is 0 Å². The third-order valence-corrected chi connectivity index (χ3v) is 11.8. The fraction of sp³-hybridized carbons (Fsp3) is 0.455. The van der Waals surface area contributed by atoms with Crippen LogP contribution in [0, 0.1) is 0 Å². The predicted octanol–water partition coefficient (Wildman–Crippen LogP) is 4.41. The van der Waals surface area contributed by atoms with E-state index in [1.54, 1.807) is 5.56 Å². The molecule has 0 radical (unpaired) electrons. The number of nitrogens with zero attached hydrogens (tertiary/aromatic N) is 3. The van der Waals surface area contributed by atoms with E-state index in [9.17, 15) is 0 Å². The molecule has 39 heavy (non-hydrogen) atoms. The zero-order valence-corrected chi connectivity index (χ0v) is 23.2. The van der Waals surface area contributed by atoms with Crippen molar-refractivity contribution in [1.82, 2.24) is 14.7 Å².